The fourth-order valence-corrected chi connectivity index (χ4v) is 2.38. The summed E-state index contributed by atoms with van der Waals surface area (Å²) in [4.78, 5) is 3.99. The van der Waals surface area contributed by atoms with Gasteiger partial charge in [-0.15, -0.1) is 0 Å². The maximum absolute atomic E-state index is 13.5. The van der Waals surface area contributed by atoms with Crippen molar-refractivity contribution >= 4 is 5.82 Å². The van der Waals surface area contributed by atoms with Crippen LogP contribution in [0.3, 0.4) is 0 Å². The summed E-state index contributed by atoms with van der Waals surface area (Å²) in [5.74, 6) is 0.302. The number of pyridine rings is 1. The number of anilines is 1. The minimum Gasteiger partial charge on any atom is -0.384 e. The molecule has 1 atom stereocenters. The molecule has 0 radical (unpaired) electrons. The van der Waals surface area contributed by atoms with Crippen molar-refractivity contribution in [3.8, 4) is 0 Å². The Hall–Kier alpha value is -1.94. The lowest BCUT2D eigenvalue weighted by atomic mass is 9.95. The number of nitrogen functional groups attached to an aromatic ring is 1. The molecule has 0 saturated carbocycles. The second-order valence-electron chi connectivity index (χ2n) is 4.90. The Balaban J connectivity index is 2.29. The number of nitrogens with zero attached hydrogens (tertiary/aromatic N) is 1. The van der Waals surface area contributed by atoms with Gasteiger partial charge in [0.15, 0.2) is 0 Å². The zero-order valence-corrected chi connectivity index (χ0v) is 11.9. The number of hydrogen-bond donors (Lipinski definition) is 2. The zero-order valence-electron chi connectivity index (χ0n) is 11.9. The van der Waals surface area contributed by atoms with Gasteiger partial charge in [-0.25, -0.2) is 9.37 Å². The predicted molar refractivity (Wildman–Crippen MR) is 79.9 cm³/mol. The molecule has 3 nitrogen and oxygen atoms in total. The third-order valence-electron chi connectivity index (χ3n) is 3.35. The third kappa shape index (κ3) is 3.54. The van der Waals surface area contributed by atoms with Crippen molar-refractivity contribution in [2.24, 2.45) is 0 Å². The van der Waals surface area contributed by atoms with E-state index in [1.54, 1.807) is 12.3 Å². The highest BCUT2D eigenvalue weighted by Crippen LogP contribution is 2.23. The van der Waals surface area contributed by atoms with E-state index < -0.39 is 0 Å². The number of nitrogens with two attached hydrogens (primary N) is 1. The SMILES string of the molecule is CCNC(Cc1ccnc(N)c1)c1cc(F)ccc1C. The fraction of sp³-hybridized carbons (Fsp3) is 0.312. The summed E-state index contributed by atoms with van der Waals surface area (Å²) < 4.78 is 13.5. The highest BCUT2D eigenvalue weighted by Gasteiger charge is 2.14. The van der Waals surface area contributed by atoms with Crippen LogP contribution in [-0.2, 0) is 6.42 Å². The van der Waals surface area contributed by atoms with Crippen LogP contribution in [0.5, 0.6) is 0 Å². The largest absolute Gasteiger partial charge is 0.384 e. The Morgan fingerprint density at radius 3 is 2.80 bits per heavy atom. The lowest BCUT2D eigenvalue weighted by Gasteiger charge is -2.20. The molecule has 0 aliphatic carbocycles. The van der Waals surface area contributed by atoms with Crippen LogP contribution in [0.15, 0.2) is 36.5 Å². The monoisotopic (exact) mass is 273 g/mol. The van der Waals surface area contributed by atoms with E-state index in [1.165, 1.54) is 6.07 Å². The first-order chi connectivity index (χ1) is 9.60. The van der Waals surface area contributed by atoms with E-state index in [9.17, 15) is 4.39 Å². The summed E-state index contributed by atoms with van der Waals surface area (Å²) >= 11 is 0. The summed E-state index contributed by atoms with van der Waals surface area (Å²) in [7, 11) is 0. The molecule has 0 aliphatic heterocycles. The highest BCUT2D eigenvalue weighted by atomic mass is 19.1. The molecule has 2 aromatic rings. The normalized spacial score (nSPS) is 12.3. The van der Waals surface area contributed by atoms with Crippen LogP contribution in [-0.4, -0.2) is 11.5 Å². The second-order valence-corrected chi connectivity index (χ2v) is 4.90. The molecule has 2 rings (SSSR count). The summed E-state index contributed by atoms with van der Waals surface area (Å²) in [5, 5.41) is 3.41. The number of aromatic nitrogens is 1. The van der Waals surface area contributed by atoms with E-state index in [4.69, 9.17) is 5.73 Å². The van der Waals surface area contributed by atoms with Crippen molar-refractivity contribution in [3.05, 3.63) is 59.0 Å². The van der Waals surface area contributed by atoms with Crippen LogP contribution in [0.1, 0.15) is 29.7 Å². The molecule has 0 fully saturated rings. The molecule has 1 unspecified atom stereocenters. The van der Waals surface area contributed by atoms with Crippen LogP contribution in [0.4, 0.5) is 10.2 Å². The first kappa shape index (κ1) is 14.5. The van der Waals surface area contributed by atoms with Gasteiger partial charge in [0.1, 0.15) is 11.6 Å². The maximum atomic E-state index is 13.5. The van der Waals surface area contributed by atoms with Gasteiger partial charge in [-0.3, -0.25) is 0 Å². The number of benzene rings is 1. The molecule has 0 saturated heterocycles. The van der Waals surface area contributed by atoms with Crippen LogP contribution in [0.25, 0.3) is 0 Å². The Labute approximate surface area is 119 Å². The first-order valence-corrected chi connectivity index (χ1v) is 6.80. The van der Waals surface area contributed by atoms with E-state index in [-0.39, 0.29) is 11.9 Å². The van der Waals surface area contributed by atoms with E-state index >= 15 is 0 Å². The lowest BCUT2D eigenvalue weighted by Crippen LogP contribution is -2.24. The number of aryl methyl sites for hydroxylation is 1. The summed E-state index contributed by atoms with van der Waals surface area (Å²) in [6, 6.07) is 8.78. The van der Waals surface area contributed by atoms with Gasteiger partial charge < -0.3 is 11.1 Å². The summed E-state index contributed by atoms with van der Waals surface area (Å²) in [5.41, 5.74) is 8.87. The number of halogens is 1. The molecule has 0 bridgehead atoms. The molecular weight excluding hydrogens is 253 g/mol. The molecule has 0 amide bonds. The standard InChI is InChI=1S/C16H20FN3/c1-3-19-15(8-12-6-7-20-16(18)9-12)14-10-13(17)5-4-11(14)2/h4-7,9-10,15,19H,3,8H2,1-2H3,(H2,18,20). The molecule has 1 aromatic carbocycles. The smallest absolute Gasteiger partial charge is 0.123 e. The van der Waals surface area contributed by atoms with Crippen LogP contribution >= 0.6 is 0 Å². The Morgan fingerprint density at radius 2 is 2.10 bits per heavy atom. The van der Waals surface area contributed by atoms with E-state index in [0.717, 1.165) is 29.7 Å². The van der Waals surface area contributed by atoms with Gasteiger partial charge >= 0.3 is 0 Å². The molecule has 0 aliphatic rings. The van der Waals surface area contributed by atoms with Gasteiger partial charge in [0.2, 0.25) is 0 Å². The van der Waals surface area contributed by atoms with Gasteiger partial charge in [-0.1, -0.05) is 13.0 Å². The minimum atomic E-state index is -0.206. The molecule has 4 heteroatoms. The summed E-state index contributed by atoms with van der Waals surface area (Å²) in [6.45, 7) is 4.86. The lowest BCUT2D eigenvalue weighted by molar-refractivity contribution is 0.540. The van der Waals surface area contributed by atoms with Crippen molar-refractivity contribution in [3.63, 3.8) is 0 Å². The third-order valence-corrected chi connectivity index (χ3v) is 3.35. The average Bonchev–Trinajstić information content (AvgIpc) is 2.41. The first-order valence-electron chi connectivity index (χ1n) is 6.80. The zero-order chi connectivity index (χ0) is 14.5. The fourth-order valence-electron chi connectivity index (χ4n) is 2.38. The second kappa shape index (κ2) is 6.48. The maximum Gasteiger partial charge on any atom is 0.123 e. The van der Waals surface area contributed by atoms with Crippen LogP contribution in [0.2, 0.25) is 0 Å². The number of likely N-dealkylation sites (N-methyl/N-ethyl adjacent to an activating group) is 1. The van der Waals surface area contributed by atoms with Crippen LogP contribution in [0, 0.1) is 12.7 Å². The molecule has 1 aromatic heterocycles. The predicted octanol–water partition coefficient (Wildman–Crippen LogP) is 3.00. The topological polar surface area (TPSA) is 50.9 Å². The Kier molecular flexibility index (Phi) is 4.69. The van der Waals surface area contributed by atoms with Gasteiger partial charge in [-0.2, -0.15) is 0 Å². The Bertz CT molecular complexity index is 584. The molecule has 106 valence electrons. The van der Waals surface area contributed by atoms with Crippen LogP contribution < -0.4 is 11.1 Å². The number of hydrogen-bond acceptors (Lipinski definition) is 3. The number of nitrogens with one attached hydrogen (secondary N) is 1. The van der Waals surface area contributed by atoms with E-state index in [1.807, 2.05) is 32.0 Å². The molecule has 20 heavy (non-hydrogen) atoms. The Morgan fingerprint density at radius 1 is 1.30 bits per heavy atom. The molecule has 1 heterocycles. The quantitative estimate of drug-likeness (QED) is 0.880. The van der Waals surface area contributed by atoms with E-state index in [2.05, 4.69) is 10.3 Å². The van der Waals surface area contributed by atoms with Crippen molar-refractivity contribution in [2.75, 3.05) is 12.3 Å². The van der Waals surface area contributed by atoms with Gasteiger partial charge in [0.05, 0.1) is 0 Å². The van der Waals surface area contributed by atoms with Gasteiger partial charge in [0.25, 0.3) is 0 Å². The number of rotatable bonds is 5. The van der Waals surface area contributed by atoms with E-state index in [0.29, 0.717) is 5.82 Å². The molecular formula is C16H20FN3. The van der Waals surface area contributed by atoms with Gasteiger partial charge in [0, 0.05) is 12.2 Å². The van der Waals surface area contributed by atoms with Crippen molar-refractivity contribution in [1.82, 2.24) is 10.3 Å². The molecule has 3 N–H and O–H groups in total. The molecule has 0 spiro atoms. The average molecular weight is 273 g/mol. The van der Waals surface area contributed by atoms with Crippen molar-refractivity contribution < 1.29 is 4.39 Å². The van der Waals surface area contributed by atoms with Crippen molar-refractivity contribution in [1.29, 1.82) is 0 Å². The minimum absolute atomic E-state index is 0.0671. The van der Waals surface area contributed by atoms with Gasteiger partial charge in [-0.05, 0) is 60.8 Å². The highest BCUT2D eigenvalue weighted by molar-refractivity contribution is 5.35. The van der Waals surface area contributed by atoms with Crippen molar-refractivity contribution in [2.45, 2.75) is 26.3 Å². The summed E-state index contributed by atoms with van der Waals surface area (Å²) in [6.07, 6.45) is 2.46.